The van der Waals surface area contributed by atoms with Crippen LogP contribution in [0, 0.1) is 0 Å². The Kier molecular flexibility index (Phi) is 19.9. The van der Waals surface area contributed by atoms with Gasteiger partial charge in [-0.3, -0.25) is 0 Å². The Bertz CT molecular complexity index is 7230. The van der Waals surface area contributed by atoms with Crippen molar-refractivity contribution in [1.29, 1.82) is 0 Å². The van der Waals surface area contributed by atoms with Crippen LogP contribution in [0.5, 0.6) is 0 Å². The standard InChI is InChI=1S/C120H116BN8/c1-114(2,3)80-49-57-100-93(62-80)94-63-81(115(4,5)6)50-58-101(94)126(100)87-53-55-98-104(70-87)128(109-90(75-38-27-22-28-39-75)66-85(119(16,17)18)67-91(109)76-40-29-23-30-41-76)106-72-89(125-61-37-48-84(74-125)118(13,14)15)73-107-108(106)121(98)99-56-54-88(127-102-59-51-82(116(7,8)9)64-95(102)96-65-83(117(10,11)12)52-60-103(96)127)71-105(99)129(107)110-92(77-42-31-24-32-43-77)68-86(120(19,20)21)69-97(110)113-123-111(78-44-33-25-34-45-78)122-112(124-113)79-46-35-26-36-47-79/h22-74H,1-21H3/q+1. The highest BCUT2D eigenvalue weighted by Crippen LogP contribution is 2.56. The van der Waals surface area contributed by atoms with Gasteiger partial charge in [-0.2, -0.15) is 4.57 Å². The molecule has 0 spiro atoms. The monoisotopic (exact) mass is 1680 g/mol. The quantitative estimate of drug-likeness (QED) is 0.0954. The summed E-state index contributed by atoms with van der Waals surface area (Å²) in [5.41, 5.74) is 34.0. The molecule has 129 heavy (non-hydrogen) atoms. The second-order valence-electron chi connectivity index (χ2n) is 43.3. The van der Waals surface area contributed by atoms with Crippen molar-refractivity contribution in [3.63, 3.8) is 0 Å². The van der Waals surface area contributed by atoms with E-state index in [9.17, 15) is 0 Å². The number of hydrogen-bond donors (Lipinski definition) is 0. The molecule has 0 saturated heterocycles. The van der Waals surface area contributed by atoms with E-state index in [1.54, 1.807) is 0 Å². The van der Waals surface area contributed by atoms with Gasteiger partial charge in [0, 0.05) is 101 Å². The predicted octanol–water partition coefficient (Wildman–Crippen LogP) is 29.5. The normalized spacial score (nSPS) is 13.3. The molecule has 9 heteroatoms. The smallest absolute Gasteiger partial charge is 0.252 e. The second-order valence-corrected chi connectivity index (χ2v) is 43.3. The Hall–Kier alpha value is -13.5. The second kappa shape index (κ2) is 30.6. The average Bonchev–Trinajstić information content (AvgIpc) is 1.26. The van der Waals surface area contributed by atoms with Crippen molar-refractivity contribution in [2.75, 3.05) is 9.80 Å². The minimum atomic E-state index is -0.391. The van der Waals surface area contributed by atoms with Crippen LogP contribution in [0.2, 0.25) is 0 Å². The molecular weight excluding hydrogens is 1560 g/mol. The van der Waals surface area contributed by atoms with Gasteiger partial charge < -0.3 is 18.9 Å². The Balaban J connectivity index is 1.00. The van der Waals surface area contributed by atoms with E-state index < -0.39 is 6.71 Å². The lowest BCUT2D eigenvalue weighted by Crippen LogP contribution is -2.61. The highest BCUT2D eigenvalue weighted by molar-refractivity contribution is 7.00. The van der Waals surface area contributed by atoms with E-state index in [0.717, 1.165) is 140 Å². The minimum absolute atomic E-state index is 0.100. The first-order valence-corrected chi connectivity index (χ1v) is 46.1. The number of aromatic nitrogens is 6. The third-order valence-corrected chi connectivity index (χ3v) is 27.1. The number of rotatable bonds is 11. The molecule has 0 fully saturated rings. The molecule has 20 rings (SSSR count). The number of anilines is 6. The van der Waals surface area contributed by atoms with Crippen LogP contribution in [0.15, 0.2) is 322 Å². The first-order chi connectivity index (χ1) is 61.4. The van der Waals surface area contributed by atoms with Crippen LogP contribution in [0.4, 0.5) is 34.1 Å². The largest absolute Gasteiger partial charge is 0.310 e. The molecule has 0 atom stereocenters. The molecule has 0 saturated carbocycles. The van der Waals surface area contributed by atoms with E-state index in [1.807, 2.05) is 0 Å². The summed E-state index contributed by atoms with van der Waals surface area (Å²) in [5.74, 6) is 1.71. The van der Waals surface area contributed by atoms with Crippen molar-refractivity contribution < 1.29 is 4.57 Å². The number of nitrogens with zero attached hydrogens (tertiary/aromatic N) is 8. The van der Waals surface area contributed by atoms with Gasteiger partial charge in [-0.1, -0.05) is 333 Å². The number of pyridine rings is 1. The number of benzene rings is 14. The lowest BCUT2D eigenvalue weighted by Gasteiger charge is -2.46. The van der Waals surface area contributed by atoms with Gasteiger partial charge in [0.15, 0.2) is 29.9 Å². The summed E-state index contributed by atoms with van der Waals surface area (Å²) >= 11 is 0. The van der Waals surface area contributed by atoms with Gasteiger partial charge in [0.2, 0.25) is 5.69 Å². The molecule has 0 amide bonds. The van der Waals surface area contributed by atoms with E-state index >= 15 is 0 Å². The predicted molar refractivity (Wildman–Crippen MR) is 548 cm³/mol. The van der Waals surface area contributed by atoms with Crippen LogP contribution < -0.4 is 30.8 Å². The number of hydrogen-bond acceptors (Lipinski definition) is 5. The maximum absolute atomic E-state index is 5.87. The topological polar surface area (TPSA) is 58.9 Å². The molecule has 0 unspecified atom stereocenters. The lowest BCUT2D eigenvalue weighted by molar-refractivity contribution is -0.596. The van der Waals surface area contributed by atoms with Crippen LogP contribution in [0.25, 0.3) is 128 Å². The van der Waals surface area contributed by atoms with Gasteiger partial charge in [-0.25, -0.2) is 15.0 Å². The molecule has 18 aromatic rings. The highest BCUT2D eigenvalue weighted by Gasteiger charge is 2.48. The minimum Gasteiger partial charge on any atom is -0.310 e. The first-order valence-electron chi connectivity index (χ1n) is 46.1. The fraction of sp³-hybridized carbons (Fsp3) is 0.233. The van der Waals surface area contributed by atoms with Gasteiger partial charge >= 0.3 is 0 Å². The molecule has 8 nitrogen and oxygen atoms in total. The molecule has 638 valence electrons. The van der Waals surface area contributed by atoms with Crippen LogP contribution in [0.1, 0.15) is 184 Å². The third-order valence-electron chi connectivity index (χ3n) is 27.1. The molecular formula is C120H116BN8+. The zero-order chi connectivity index (χ0) is 90.1. The summed E-state index contributed by atoms with van der Waals surface area (Å²) in [6, 6.07) is 118. The average molecular weight is 1680 g/mol. The van der Waals surface area contributed by atoms with Crippen molar-refractivity contribution in [1.82, 2.24) is 24.1 Å². The van der Waals surface area contributed by atoms with Crippen LogP contribution in [0.3, 0.4) is 0 Å². The Labute approximate surface area is 762 Å². The van der Waals surface area contributed by atoms with Crippen molar-refractivity contribution in [3.05, 3.63) is 361 Å². The maximum atomic E-state index is 5.87. The summed E-state index contributed by atoms with van der Waals surface area (Å²) in [7, 11) is 0. The van der Waals surface area contributed by atoms with Crippen LogP contribution in [-0.2, 0) is 37.9 Å². The third kappa shape index (κ3) is 14.8. The maximum Gasteiger partial charge on any atom is 0.252 e. The zero-order valence-electron chi connectivity index (χ0n) is 78.8. The van der Waals surface area contributed by atoms with Gasteiger partial charge in [0.1, 0.15) is 0 Å². The van der Waals surface area contributed by atoms with Gasteiger partial charge in [0.25, 0.3) is 6.71 Å². The van der Waals surface area contributed by atoms with E-state index in [4.69, 9.17) is 15.0 Å². The molecule has 2 aliphatic heterocycles. The molecule has 6 heterocycles. The fourth-order valence-corrected chi connectivity index (χ4v) is 19.6. The highest BCUT2D eigenvalue weighted by atomic mass is 15.2. The van der Waals surface area contributed by atoms with Crippen molar-refractivity contribution in [2.24, 2.45) is 0 Å². The van der Waals surface area contributed by atoms with E-state index in [0.29, 0.717) is 17.5 Å². The first kappa shape index (κ1) is 83.7. The lowest BCUT2D eigenvalue weighted by atomic mass is 9.33. The SMILES string of the molecule is CC(C)(C)c1cc(-c2ccccc2)c(N2c3cc(-n4c5ccc(C(C)(C)C)cc5c5cc(C(C)(C)C)ccc54)ccc3B3c4ccc(-n5c6ccc(C(C)(C)C)cc6c6cc(C(C)(C)C)ccc65)cc4N(c4c(-c5ccccc5)cc(C(C)(C)C)cc4-c4nc(-c5ccccc5)nc(-c5ccccc5)n4)c4cc(-[n+]5cccc(C(C)(C)C)c5)cc2c43)c(-c2ccccc2)c1. The van der Waals surface area contributed by atoms with Gasteiger partial charge in [-0.05, 0) is 207 Å². The van der Waals surface area contributed by atoms with Crippen molar-refractivity contribution in [2.45, 2.75) is 183 Å². The Morgan fingerprint density at radius 3 is 0.876 bits per heavy atom. The fourth-order valence-electron chi connectivity index (χ4n) is 19.6. The molecule has 0 radical (unpaired) electrons. The number of fused-ring (bicyclic) bond motifs is 10. The summed E-state index contributed by atoms with van der Waals surface area (Å²) in [6.07, 6.45) is 4.64. The van der Waals surface area contributed by atoms with E-state index in [2.05, 4.69) is 491 Å². The molecule has 4 aromatic heterocycles. The van der Waals surface area contributed by atoms with E-state index in [-0.39, 0.29) is 37.9 Å². The van der Waals surface area contributed by atoms with Gasteiger partial charge in [-0.15, -0.1) is 0 Å². The molecule has 14 aromatic carbocycles. The molecule has 0 N–H and O–H groups in total. The molecule has 2 aliphatic rings. The summed E-state index contributed by atoms with van der Waals surface area (Å²) in [4.78, 5) is 22.6. The summed E-state index contributed by atoms with van der Waals surface area (Å²) in [6.45, 7) is 48.7. The molecule has 0 bridgehead atoms. The Morgan fingerprint density at radius 2 is 0.550 bits per heavy atom. The van der Waals surface area contributed by atoms with Crippen LogP contribution in [-0.4, -0.2) is 30.8 Å². The zero-order valence-corrected chi connectivity index (χ0v) is 78.8. The van der Waals surface area contributed by atoms with Gasteiger partial charge in [0.05, 0.1) is 44.8 Å². The van der Waals surface area contributed by atoms with Crippen molar-refractivity contribution in [3.8, 4) is 84.6 Å². The molecule has 0 aliphatic carbocycles. The Morgan fingerprint density at radius 1 is 0.248 bits per heavy atom. The summed E-state index contributed by atoms with van der Waals surface area (Å²) < 4.78 is 7.52. The summed E-state index contributed by atoms with van der Waals surface area (Å²) in [5, 5.41) is 4.92. The van der Waals surface area contributed by atoms with Crippen molar-refractivity contribution >= 4 is 101 Å². The van der Waals surface area contributed by atoms with Crippen LogP contribution >= 0.6 is 0 Å². The van der Waals surface area contributed by atoms with E-state index in [1.165, 1.54) is 60.4 Å².